The molecule has 1 fully saturated rings. The van der Waals surface area contributed by atoms with E-state index >= 15 is 0 Å². The monoisotopic (exact) mass is 309 g/mol. The maximum atomic E-state index is 12.4. The molecule has 0 radical (unpaired) electrons. The molecule has 1 saturated heterocycles. The molecule has 1 aliphatic heterocycles. The van der Waals surface area contributed by atoms with Crippen LogP contribution in [-0.4, -0.2) is 42.1 Å². The molecule has 1 aromatic heterocycles. The summed E-state index contributed by atoms with van der Waals surface area (Å²) in [5.41, 5.74) is 1.03. The first-order chi connectivity index (χ1) is 11.2. The number of hydrogen-bond donors (Lipinski definition) is 0. The molecule has 116 valence electrons. The Morgan fingerprint density at radius 1 is 1.30 bits per heavy atom. The summed E-state index contributed by atoms with van der Waals surface area (Å²) >= 11 is 0. The van der Waals surface area contributed by atoms with E-state index in [0.717, 1.165) is 0 Å². The lowest BCUT2D eigenvalue weighted by Crippen LogP contribution is -2.56. The van der Waals surface area contributed by atoms with Gasteiger partial charge in [-0.2, -0.15) is 5.26 Å². The second-order valence-electron chi connectivity index (χ2n) is 5.15. The summed E-state index contributed by atoms with van der Waals surface area (Å²) in [5, 5.41) is 8.73. The predicted molar refractivity (Wildman–Crippen MR) is 82.3 cm³/mol. The lowest BCUT2D eigenvalue weighted by molar-refractivity contribution is 0.0158. The van der Waals surface area contributed by atoms with Crippen LogP contribution in [0.15, 0.2) is 42.6 Å². The Balaban J connectivity index is 1.58. The quantitative estimate of drug-likeness (QED) is 0.861. The van der Waals surface area contributed by atoms with Crippen molar-refractivity contribution in [2.75, 3.05) is 20.2 Å². The third-order valence-electron chi connectivity index (χ3n) is 3.63. The van der Waals surface area contributed by atoms with Gasteiger partial charge in [0.1, 0.15) is 17.9 Å². The third-order valence-corrected chi connectivity index (χ3v) is 3.63. The van der Waals surface area contributed by atoms with Gasteiger partial charge in [0.2, 0.25) is 5.88 Å². The van der Waals surface area contributed by atoms with Crippen molar-refractivity contribution >= 4 is 5.91 Å². The van der Waals surface area contributed by atoms with E-state index in [-0.39, 0.29) is 12.0 Å². The highest BCUT2D eigenvalue weighted by Crippen LogP contribution is 2.23. The molecule has 0 saturated carbocycles. The number of pyridine rings is 1. The average Bonchev–Trinajstić information content (AvgIpc) is 2.57. The minimum atomic E-state index is -0.0888. The Morgan fingerprint density at radius 3 is 2.74 bits per heavy atom. The number of carbonyl (C=O) groups is 1. The fraction of sp³-hybridized carbons (Fsp3) is 0.235. The largest absolute Gasteiger partial charge is 0.496 e. The minimum absolute atomic E-state index is 0.0740. The van der Waals surface area contributed by atoms with Gasteiger partial charge < -0.3 is 14.4 Å². The molecule has 0 N–H and O–H groups in total. The van der Waals surface area contributed by atoms with Crippen LogP contribution in [-0.2, 0) is 0 Å². The van der Waals surface area contributed by atoms with Crippen LogP contribution < -0.4 is 9.47 Å². The van der Waals surface area contributed by atoms with E-state index in [1.165, 1.54) is 6.20 Å². The molecular weight excluding hydrogens is 294 g/mol. The number of benzene rings is 1. The third kappa shape index (κ3) is 3.09. The first-order valence-corrected chi connectivity index (χ1v) is 7.16. The van der Waals surface area contributed by atoms with Gasteiger partial charge in [0, 0.05) is 12.3 Å². The van der Waals surface area contributed by atoms with Crippen molar-refractivity contribution in [1.29, 1.82) is 5.26 Å². The lowest BCUT2D eigenvalue weighted by Gasteiger charge is -2.38. The standard InChI is InChI=1S/C17H15N3O3/c1-22-15-5-3-2-4-14(15)17(21)20-10-13(11-20)23-16-7-6-12(8-18)9-19-16/h2-7,9,13H,10-11H2,1H3. The molecule has 0 atom stereocenters. The Labute approximate surface area is 133 Å². The number of methoxy groups -OCH3 is 1. The maximum absolute atomic E-state index is 12.4. The van der Waals surface area contributed by atoms with E-state index < -0.39 is 0 Å². The number of carbonyl (C=O) groups excluding carboxylic acids is 1. The van der Waals surface area contributed by atoms with Gasteiger partial charge in [-0.15, -0.1) is 0 Å². The topological polar surface area (TPSA) is 75.4 Å². The van der Waals surface area contributed by atoms with E-state index in [4.69, 9.17) is 14.7 Å². The number of nitriles is 1. The number of aromatic nitrogens is 1. The van der Waals surface area contributed by atoms with Crippen LogP contribution in [0.4, 0.5) is 0 Å². The molecule has 1 amide bonds. The highest BCUT2D eigenvalue weighted by atomic mass is 16.5. The molecule has 0 bridgehead atoms. The number of amides is 1. The lowest BCUT2D eigenvalue weighted by atomic mass is 10.1. The number of nitrogens with zero attached hydrogens (tertiary/aromatic N) is 3. The summed E-state index contributed by atoms with van der Waals surface area (Å²) < 4.78 is 10.9. The van der Waals surface area contributed by atoms with Gasteiger partial charge in [-0.3, -0.25) is 4.79 Å². The van der Waals surface area contributed by atoms with Crippen LogP contribution in [0.3, 0.4) is 0 Å². The Morgan fingerprint density at radius 2 is 2.09 bits per heavy atom. The number of para-hydroxylation sites is 1. The van der Waals surface area contributed by atoms with Gasteiger partial charge in [0.15, 0.2) is 0 Å². The molecule has 0 unspecified atom stereocenters. The Kier molecular flexibility index (Phi) is 4.11. The summed E-state index contributed by atoms with van der Waals surface area (Å²) in [6.07, 6.45) is 1.38. The molecule has 2 heterocycles. The van der Waals surface area contributed by atoms with Gasteiger partial charge in [-0.1, -0.05) is 12.1 Å². The number of likely N-dealkylation sites (tertiary alicyclic amines) is 1. The Hall–Kier alpha value is -3.07. The second-order valence-corrected chi connectivity index (χ2v) is 5.15. The van der Waals surface area contributed by atoms with E-state index in [9.17, 15) is 4.79 Å². The molecule has 2 aromatic rings. The molecule has 6 nitrogen and oxygen atoms in total. The van der Waals surface area contributed by atoms with Gasteiger partial charge in [0.25, 0.3) is 5.91 Å². The second kappa shape index (κ2) is 6.36. The molecule has 1 aliphatic rings. The van der Waals surface area contributed by atoms with Crippen molar-refractivity contribution in [1.82, 2.24) is 9.88 Å². The van der Waals surface area contributed by atoms with Gasteiger partial charge >= 0.3 is 0 Å². The number of rotatable bonds is 4. The first kappa shape index (κ1) is 14.9. The molecule has 6 heteroatoms. The highest BCUT2D eigenvalue weighted by Gasteiger charge is 2.34. The van der Waals surface area contributed by atoms with Crippen LogP contribution in [0, 0.1) is 11.3 Å². The zero-order valence-electron chi connectivity index (χ0n) is 12.6. The van der Waals surface area contributed by atoms with E-state index in [0.29, 0.717) is 35.8 Å². The van der Waals surface area contributed by atoms with Crippen LogP contribution in [0.25, 0.3) is 0 Å². The van der Waals surface area contributed by atoms with E-state index in [1.807, 2.05) is 18.2 Å². The predicted octanol–water partition coefficient (Wildman–Crippen LogP) is 1.87. The van der Waals surface area contributed by atoms with E-state index in [1.54, 1.807) is 36.3 Å². The van der Waals surface area contributed by atoms with Crippen LogP contribution in [0.2, 0.25) is 0 Å². The van der Waals surface area contributed by atoms with Crippen molar-refractivity contribution in [2.24, 2.45) is 0 Å². The van der Waals surface area contributed by atoms with Crippen LogP contribution >= 0.6 is 0 Å². The average molecular weight is 309 g/mol. The van der Waals surface area contributed by atoms with Crippen LogP contribution in [0.5, 0.6) is 11.6 Å². The van der Waals surface area contributed by atoms with Crippen molar-refractivity contribution in [3.8, 4) is 17.7 Å². The van der Waals surface area contributed by atoms with Gasteiger partial charge in [0.05, 0.1) is 31.3 Å². The normalized spacial score (nSPS) is 13.8. The van der Waals surface area contributed by atoms with Gasteiger partial charge in [-0.25, -0.2) is 4.98 Å². The number of hydrogen-bond acceptors (Lipinski definition) is 5. The molecular formula is C17H15N3O3. The summed E-state index contributed by atoms with van der Waals surface area (Å²) in [5.74, 6) is 0.948. The van der Waals surface area contributed by atoms with Crippen LogP contribution in [0.1, 0.15) is 15.9 Å². The number of ether oxygens (including phenoxy) is 2. The Bertz CT molecular complexity index is 746. The summed E-state index contributed by atoms with van der Waals surface area (Å²) in [6.45, 7) is 0.997. The van der Waals surface area contributed by atoms with E-state index in [2.05, 4.69) is 4.98 Å². The smallest absolute Gasteiger partial charge is 0.257 e. The SMILES string of the molecule is COc1ccccc1C(=O)N1CC(Oc2ccc(C#N)cn2)C1. The fourth-order valence-electron chi connectivity index (χ4n) is 2.36. The molecule has 3 rings (SSSR count). The van der Waals surface area contributed by atoms with Crippen molar-refractivity contribution in [3.05, 3.63) is 53.7 Å². The van der Waals surface area contributed by atoms with Gasteiger partial charge in [-0.05, 0) is 18.2 Å². The van der Waals surface area contributed by atoms with Crippen molar-refractivity contribution in [3.63, 3.8) is 0 Å². The first-order valence-electron chi connectivity index (χ1n) is 7.16. The highest BCUT2D eigenvalue weighted by molar-refractivity contribution is 5.97. The molecule has 1 aromatic carbocycles. The van der Waals surface area contributed by atoms with Crippen molar-refractivity contribution in [2.45, 2.75) is 6.10 Å². The molecule has 0 spiro atoms. The summed E-state index contributed by atoms with van der Waals surface area (Å²) in [6, 6.07) is 12.5. The zero-order chi connectivity index (χ0) is 16.2. The minimum Gasteiger partial charge on any atom is -0.496 e. The molecule has 23 heavy (non-hydrogen) atoms. The fourth-order valence-corrected chi connectivity index (χ4v) is 2.36. The van der Waals surface area contributed by atoms with Crippen molar-refractivity contribution < 1.29 is 14.3 Å². The summed E-state index contributed by atoms with van der Waals surface area (Å²) in [4.78, 5) is 18.2. The summed E-state index contributed by atoms with van der Waals surface area (Å²) in [7, 11) is 1.55. The maximum Gasteiger partial charge on any atom is 0.257 e. The zero-order valence-corrected chi connectivity index (χ0v) is 12.6. The molecule has 0 aliphatic carbocycles.